The molecule has 10 heterocycles. The maximum absolute atomic E-state index is 12.8. The molecule has 15 aromatic rings. The number of amides is 1. The van der Waals surface area contributed by atoms with Crippen molar-refractivity contribution in [1.29, 1.82) is 5.26 Å². The Morgan fingerprint density at radius 3 is 1.26 bits per heavy atom. The van der Waals surface area contributed by atoms with Gasteiger partial charge in [0.25, 0.3) is 23.6 Å². The number of hydrogen-bond donors (Lipinski definition) is 11. The van der Waals surface area contributed by atoms with E-state index in [9.17, 15) is 14.4 Å². The van der Waals surface area contributed by atoms with Gasteiger partial charge in [0.1, 0.15) is 24.5 Å². The predicted octanol–water partition coefficient (Wildman–Crippen LogP) is 10.5. The van der Waals surface area contributed by atoms with Crippen LogP contribution in [0, 0.1) is 11.3 Å². The lowest BCUT2D eigenvalue weighted by atomic mass is 10.1. The summed E-state index contributed by atoms with van der Waals surface area (Å²) >= 11 is 12.5. The van der Waals surface area contributed by atoms with Crippen molar-refractivity contribution in [3.05, 3.63) is 259 Å². The highest BCUT2D eigenvalue weighted by molar-refractivity contribution is 9.11. The Hall–Kier alpha value is -15.5. The molecule has 1 aliphatic rings. The largest absolute Gasteiger partial charge is 0.478 e. The average molecular weight is 1890 g/mol. The fourth-order valence-electron chi connectivity index (χ4n) is 10.2. The van der Waals surface area contributed by atoms with E-state index in [0.717, 1.165) is 48.3 Å². The number of benzene rings is 6. The number of carbonyl (C=O) groups excluding carboxylic acids is 2. The summed E-state index contributed by atoms with van der Waals surface area (Å²) in [7, 11) is 0. The number of nitrogens with zero attached hydrogens (tertiary/aromatic N) is 22. The van der Waals surface area contributed by atoms with Gasteiger partial charge < -0.3 is 84.8 Å². The van der Waals surface area contributed by atoms with Crippen LogP contribution in [0.2, 0.25) is 0 Å². The number of carbonyl (C=O) groups is 3. The van der Waals surface area contributed by atoms with Gasteiger partial charge in [0.05, 0.1) is 59.7 Å². The second-order valence-corrected chi connectivity index (χ2v) is 27.5. The van der Waals surface area contributed by atoms with Crippen LogP contribution in [0.25, 0.3) is 91.4 Å². The van der Waals surface area contributed by atoms with Gasteiger partial charge in [-0.3, -0.25) is 4.79 Å². The van der Waals surface area contributed by atoms with E-state index in [1.807, 2.05) is 126 Å². The van der Waals surface area contributed by atoms with Gasteiger partial charge in [-0.1, -0.05) is 123 Å². The summed E-state index contributed by atoms with van der Waals surface area (Å²) in [6, 6.07) is 52.1. The summed E-state index contributed by atoms with van der Waals surface area (Å²) in [4.78, 5) is 104. The molecule has 121 heavy (non-hydrogen) atoms. The van der Waals surface area contributed by atoms with Crippen LogP contribution in [0.4, 0.5) is 34.9 Å². The van der Waals surface area contributed by atoms with Crippen molar-refractivity contribution in [2.45, 2.75) is 6.42 Å². The van der Waals surface area contributed by atoms with E-state index in [1.165, 1.54) is 43.1 Å². The first kappa shape index (κ1) is 86.4. The highest BCUT2D eigenvalue weighted by Crippen LogP contribution is 2.31. The normalized spacial score (nSPS) is 11.6. The Balaban J connectivity index is 0.000000148. The molecule has 40 nitrogen and oxygen atoms in total. The van der Waals surface area contributed by atoms with E-state index in [1.54, 1.807) is 48.7 Å². The van der Waals surface area contributed by atoms with Crippen LogP contribution in [-0.4, -0.2) is 161 Å². The number of rotatable bonds is 14. The molecule has 0 aliphatic carbocycles. The summed E-state index contributed by atoms with van der Waals surface area (Å²) in [6.45, 7) is 3.23. The lowest BCUT2D eigenvalue weighted by Gasteiger charge is -2.20. The summed E-state index contributed by atoms with van der Waals surface area (Å²) in [5.74, 6) is 1.05. The Bertz CT molecular complexity index is 6190. The van der Waals surface area contributed by atoms with Crippen molar-refractivity contribution < 1.29 is 43.1 Å². The number of nitriles is 1. The number of halogens is 4. The van der Waals surface area contributed by atoms with Gasteiger partial charge in [0, 0.05) is 53.0 Å². The Labute approximate surface area is 717 Å². The van der Waals surface area contributed by atoms with Crippen LogP contribution in [0.3, 0.4) is 0 Å². The van der Waals surface area contributed by atoms with Crippen LogP contribution < -0.4 is 51.2 Å². The molecular weight excluding hydrogens is 1820 g/mol. The van der Waals surface area contributed by atoms with Crippen LogP contribution in [0.5, 0.6) is 0 Å². The van der Waals surface area contributed by atoms with Gasteiger partial charge in [0.2, 0.25) is 17.5 Å². The number of oxime groups is 2. The molecule has 0 atom stereocenters. The van der Waals surface area contributed by atoms with Crippen molar-refractivity contribution in [1.82, 2.24) is 100 Å². The number of nitrogens with one attached hydrogen (secondary N) is 1. The van der Waals surface area contributed by atoms with Crippen LogP contribution >= 0.6 is 63.7 Å². The summed E-state index contributed by atoms with van der Waals surface area (Å²) in [5.41, 5.74) is 52.7. The standard InChI is InChI=1S/C24H23N7O2.C19H13N5O3.C12H10BrN5O2.C12H8BrN5O.C5H6BrN5O.C5H3BrN4/c25-21-20(22-29-23(33-30-22)17-5-2-1-3-6-17)28-19(15-27-21)16-7-9-18(10-8-16)24(32)31-13-4-11-26-12-14-31;20-16-15(17-23-18(27-24-17)12-4-2-1-3-5-12)22-14(10-21-16)11-6-8-13(9-7-11)19(25)26;13-8-6-16-10(14)9(17-8)11(15)18-20-12(19)7-4-2-1-3-5-7;13-8-6-15-10(14)9(16-8)11-17-12(19-18-11)7-4-2-1-3-5-7;6-2-1-9-4(7)3(10-2)5(8)11-12;6-4-2-9-5(8)3(1-7)10-4/h1-3,5-10,15,26H,4,11-14H2,(H2,25,27);1-10H,(H2,20,21)(H,25,26);1-6H,(H2,14,16)(H2,15,18);1-6H,(H2,14,15);1,12H,(H2,7,9)(H2,8,11);2H,(H2,8,9). The number of aromatic carboxylic acids is 1. The van der Waals surface area contributed by atoms with Crippen molar-refractivity contribution in [2.24, 2.45) is 21.8 Å². The fraction of sp³-hybridized carbons (Fsp3) is 0.0649. The maximum atomic E-state index is 12.8. The molecule has 44 heteroatoms. The van der Waals surface area contributed by atoms with Gasteiger partial charge in [-0.2, -0.15) is 20.2 Å². The van der Waals surface area contributed by atoms with E-state index < -0.39 is 11.9 Å². The van der Waals surface area contributed by atoms with Crippen LogP contribution in [0.15, 0.2) is 249 Å². The Kier molecular flexibility index (Phi) is 29.9. The quantitative estimate of drug-likeness (QED) is 0.0158. The Morgan fingerprint density at radius 1 is 0.438 bits per heavy atom. The first-order valence-electron chi connectivity index (χ1n) is 35.0. The topological polar surface area (TPSA) is 644 Å². The van der Waals surface area contributed by atoms with E-state index in [0.29, 0.717) is 93.6 Å². The van der Waals surface area contributed by atoms with Gasteiger partial charge in [0.15, 0.2) is 80.7 Å². The lowest BCUT2D eigenvalue weighted by molar-refractivity contribution is 0.0515. The third-order valence-corrected chi connectivity index (χ3v) is 17.6. The molecule has 0 bridgehead atoms. The molecule has 9 aromatic heterocycles. The second-order valence-electron chi connectivity index (χ2n) is 24.2. The molecule has 16 rings (SSSR count). The highest BCUT2D eigenvalue weighted by atomic mass is 79.9. The smallest absolute Gasteiger partial charge is 0.365 e. The minimum atomic E-state index is -0.995. The monoisotopic (exact) mass is 1880 g/mol. The van der Waals surface area contributed by atoms with Crippen molar-refractivity contribution in [3.8, 4) is 97.5 Å². The fourth-order valence-corrected chi connectivity index (χ4v) is 11.3. The summed E-state index contributed by atoms with van der Waals surface area (Å²) in [5, 5.41) is 47.2. The Morgan fingerprint density at radius 2 is 0.826 bits per heavy atom. The summed E-state index contributed by atoms with van der Waals surface area (Å²) < 4.78 is 17.9. The number of amidine groups is 2. The predicted molar refractivity (Wildman–Crippen MR) is 457 cm³/mol. The third kappa shape index (κ3) is 23.7. The molecule has 1 aliphatic heterocycles. The molecule has 0 radical (unpaired) electrons. The minimum Gasteiger partial charge on any atom is -0.478 e. The number of hydrogen-bond acceptors (Lipinski definition) is 36. The van der Waals surface area contributed by atoms with E-state index in [2.05, 4.69) is 170 Å². The van der Waals surface area contributed by atoms with Crippen molar-refractivity contribution >= 4 is 128 Å². The molecule has 608 valence electrons. The zero-order valence-corrected chi connectivity index (χ0v) is 68.7. The minimum absolute atomic E-state index is 0.0366. The zero-order chi connectivity index (χ0) is 85.9. The maximum Gasteiger partial charge on any atom is 0.365 e. The number of nitrogen functional groups attached to an aromatic ring is 6. The zero-order valence-electron chi connectivity index (χ0n) is 62.4. The third-order valence-electron chi connectivity index (χ3n) is 16.1. The molecule has 0 saturated carbocycles. The molecule has 0 unspecified atom stereocenters. The average Bonchev–Trinajstić information content (AvgIpc) is 1.75. The van der Waals surface area contributed by atoms with E-state index in [-0.39, 0.29) is 86.8 Å². The molecule has 1 amide bonds. The first-order valence-corrected chi connectivity index (χ1v) is 38.2. The number of carboxylic acid groups (broad SMARTS) is 1. The molecule has 19 N–H and O–H groups in total. The van der Waals surface area contributed by atoms with Gasteiger partial charge >= 0.3 is 11.9 Å². The SMILES string of the molecule is N#Cc1nc(Br)cnc1N.N/C(=N\O)c1nc(Br)cnc1N.N/C(=N\OC(=O)c1ccccc1)c1nc(Br)cnc1N.Nc1ncc(-c2ccc(C(=O)N3CCCNCC3)cc2)nc1-c1noc(-c2ccccc2)n1.Nc1ncc(-c2ccc(C(=O)O)cc2)nc1-c1noc(-c2ccccc2)n1.Nc1ncc(Br)nc1-c1noc(-c2ccccc2)n1. The number of anilines is 6. The molecular formula is C77H63Br4N31O9. The van der Waals surface area contributed by atoms with Crippen molar-refractivity contribution in [2.75, 3.05) is 60.6 Å². The van der Waals surface area contributed by atoms with Gasteiger partial charge in [-0.05, 0) is 149 Å². The summed E-state index contributed by atoms with van der Waals surface area (Å²) in [6.07, 6.45) is 9.84. The number of aromatic nitrogens is 18. The second kappa shape index (κ2) is 41.9. The first-order chi connectivity index (χ1) is 58.5. The molecule has 1 saturated heterocycles. The highest BCUT2D eigenvalue weighted by Gasteiger charge is 2.23. The lowest BCUT2D eigenvalue weighted by Crippen LogP contribution is -2.34. The molecule has 1 fully saturated rings. The van der Waals surface area contributed by atoms with Gasteiger partial charge in [-0.25, -0.2) is 69.4 Å². The molecule has 6 aromatic carbocycles. The van der Waals surface area contributed by atoms with E-state index in [4.69, 9.17) is 79.9 Å². The number of carboxylic acids is 1. The van der Waals surface area contributed by atoms with E-state index >= 15 is 0 Å². The van der Waals surface area contributed by atoms with Crippen molar-refractivity contribution in [3.63, 3.8) is 0 Å². The van der Waals surface area contributed by atoms with Crippen LogP contribution in [-0.2, 0) is 4.84 Å². The molecule has 0 spiro atoms. The number of nitrogens with two attached hydrogens (primary N) is 8. The van der Waals surface area contributed by atoms with Gasteiger partial charge in [-0.15, -0.1) is 0 Å². The van der Waals surface area contributed by atoms with Crippen LogP contribution in [0.1, 0.15) is 54.6 Å².